The highest BCUT2D eigenvalue weighted by atomic mass is 35.5. The van der Waals surface area contributed by atoms with Gasteiger partial charge in [-0.2, -0.15) is 0 Å². The summed E-state index contributed by atoms with van der Waals surface area (Å²) < 4.78 is 37.2. The van der Waals surface area contributed by atoms with Gasteiger partial charge in [0.05, 0.1) is 22.1 Å². The molecule has 0 heterocycles. The smallest absolute Gasteiger partial charge is 0.240 e. The molecule has 0 unspecified atom stereocenters. The largest absolute Gasteiger partial charge is 0.495 e. The molecule has 0 saturated carbocycles. The third-order valence-corrected chi connectivity index (χ3v) is 4.99. The van der Waals surface area contributed by atoms with Gasteiger partial charge in [-0.1, -0.05) is 35.3 Å². The van der Waals surface area contributed by atoms with Crippen LogP contribution in [0.25, 0.3) is 0 Å². The van der Waals surface area contributed by atoms with Crippen LogP contribution in [0.3, 0.4) is 0 Å². The summed E-state index contributed by atoms with van der Waals surface area (Å²) in [5.74, 6) is 0.911. The molecule has 2 aromatic carbocycles. The fraction of sp³-hybridized carbons (Fsp3) is 0.200. The predicted molar refractivity (Wildman–Crippen MR) is 90.1 cm³/mol. The summed E-state index contributed by atoms with van der Waals surface area (Å²) in [4.78, 5) is 0.0565. The molecule has 5 nitrogen and oxygen atoms in total. The van der Waals surface area contributed by atoms with Crippen LogP contribution in [-0.4, -0.2) is 28.7 Å². The summed E-state index contributed by atoms with van der Waals surface area (Å²) >= 11 is 11.9. The molecule has 0 spiro atoms. The fourth-order valence-electron chi connectivity index (χ4n) is 1.80. The molecule has 2 aromatic rings. The first-order valence-electron chi connectivity index (χ1n) is 6.64. The van der Waals surface area contributed by atoms with Crippen LogP contribution in [0, 0.1) is 0 Å². The molecule has 0 saturated heterocycles. The van der Waals surface area contributed by atoms with E-state index in [1.807, 2.05) is 0 Å². The second-order valence-electron chi connectivity index (χ2n) is 4.47. The van der Waals surface area contributed by atoms with Crippen molar-refractivity contribution in [3.05, 3.63) is 52.5 Å². The molecule has 0 fully saturated rings. The minimum absolute atomic E-state index is 0.0565. The summed E-state index contributed by atoms with van der Waals surface area (Å²) in [7, 11) is -2.22. The Morgan fingerprint density at radius 3 is 2.43 bits per heavy atom. The molecule has 0 radical (unpaired) electrons. The Hall–Kier alpha value is -1.47. The standard InChI is InChI=1S/C15H15Cl2NO4S/c1-21-14-7-6-11(10-13(14)17)23(19,20)18-8-9-22-15-5-3-2-4-12(15)16/h2-7,10,18H,8-9H2,1H3. The van der Waals surface area contributed by atoms with Crippen molar-refractivity contribution < 1.29 is 17.9 Å². The maximum absolute atomic E-state index is 12.2. The highest BCUT2D eigenvalue weighted by Gasteiger charge is 2.15. The van der Waals surface area contributed by atoms with Crippen molar-refractivity contribution in [1.29, 1.82) is 0 Å². The molecule has 0 atom stereocenters. The van der Waals surface area contributed by atoms with Gasteiger partial charge in [-0.05, 0) is 30.3 Å². The van der Waals surface area contributed by atoms with Crippen LogP contribution in [-0.2, 0) is 10.0 Å². The first-order chi connectivity index (χ1) is 10.9. The highest BCUT2D eigenvalue weighted by molar-refractivity contribution is 7.89. The van der Waals surface area contributed by atoms with Gasteiger partial charge in [-0.3, -0.25) is 0 Å². The lowest BCUT2D eigenvalue weighted by Crippen LogP contribution is -2.28. The fourth-order valence-corrected chi connectivity index (χ4v) is 3.35. The molecule has 23 heavy (non-hydrogen) atoms. The van der Waals surface area contributed by atoms with Crippen molar-refractivity contribution in [1.82, 2.24) is 4.72 Å². The Morgan fingerprint density at radius 2 is 1.78 bits per heavy atom. The molecular formula is C15H15Cl2NO4S. The SMILES string of the molecule is COc1ccc(S(=O)(=O)NCCOc2ccccc2Cl)cc1Cl. The van der Waals surface area contributed by atoms with Crippen molar-refractivity contribution in [3.63, 3.8) is 0 Å². The van der Waals surface area contributed by atoms with Gasteiger partial charge in [-0.15, -0.1) is 0 Å². The molecule has 0 bridgehead atoms. The second-order valence-corrected chi connectivity index (χ2v) is 7.05. The van der Waals surface area contributed by atoms with E-state index >= 15 is 0 Å². The van der Waals surface area contributed by atoms with E-state index in [9.17, 15) is 8.42 Å². The number of ether oxygens (including phenoxy) is 2. The van der Waals surface area contributed by atoms with Gasteiger partial charge < -0.3 is 9.47 Å². The van der Waals surface area contributed by atoms with Gasteiger partial charge in [0.2, 0.25) is 10.0 Å². The van der Waals surface area contributed by atoms with Crippen LogP contribution in [0.15, 0.2) is 47.4 Å². The molecule has 1 N–H and O–H groups in total. The lowest BCUT2D eigenvalue weighted by molar-refractivity contribution is 0.323. The summed E-state index contributed by atoms with van der Waals surface area (Å²) in [6.45, 7) is 0.240. The molecular weight excluding hydrogens is 361 g/mol. The van der Waals surface area contributed by atoms with Crippen LogP contribution in [0.1, 0.15) is 0 Å². The number of benzene rings is 2. The molecule has 2 rings (SSSR count). The molecule has 0 amide bonds. The zero-order chi connectivity index (χ0) is 16.9. The number of hydrogen-bond acceptors (Lipinski definition) is 4. The Kier molecular flexibility index (Phi) is 6.12. The Morgan fingerprint density at radius 1 is 1.04 bits per heavy atom. The number of hydrogen-bond donors (Lipinski definition) is 1. The Labute approximate surface area is 145 Å². The minimum Gasteiger partial charge on any atom is -0.495 e. The highest BCUT2D eigenvalue weighted by Crippen LogP contribution is 2.27. The predicted octanol–water partition coefficient (Wildman–Crippen LogP) is 3.36. The van der Waals surface area contributed by atoms with Gasteiger partial charge >= 0.3 is 0 Å². The van der Waals surface area contributed by atoms with Crippen molar-refractivity contribution in [2.24, 2.45) is 0 Å². The van der Waals surface area contributed by atoms with Crippen LogP contribution in [0.5, 0.6) is 11.5 Å². The third kappa shape index (κ3) is 4.75. The molecule has 0 aliphatic rings. The van der Waals surface area contributed by atoms with E-state index in [0.717, 1.165) is 0 Å². The minimum atomic E-state index is -3.68. The maximum atomic E-state index is 12.2. The van der Waals surface area contributed by atoms with Crippen LogP contribution < -0.4 is 14.2 Å². The van der Waals surface area contributed by atoms with Gasteiger partial charge in [0.15, 0.2) is 0 Å². The van der Waals surface area contributed by atoms with Crippen LogP contribution >= 0.6 is 23.2 Å². The molecule has 124 valence electrons. The van der Waals surface area contributed by atoms with E-state index in [2.05, 4.69) is 4.72 Å². The summed E-state index contributed by atoms with van der Waals surface area (Å²) in [5.41, 5.74) is 0. The summed E-state index contributed by atoms with van der Waals surface area (Å²) in [6, 6.07) is 11.2. The normalized spacial score (nSPS) is 11.3. The van der Waals surface area contributed by atoms with E-state index in [1.165, 1.54) is 25.3 Å². The van der Waals surface area contributed by atoms with E-state index in [1.54, 1.807) is 24.3 Å². The van der Waals surface area contributed by atoms with E-state index < -0.39 is 10.0 Å². The van der Waals surface area contributed by atoms with Crippen molar-refractivity contribution in [2.75, 3.05) is 20.3 Å². The van der Waals surface area contributed by atoms with Crippen molar-refractivity contribution in [2.45, 2.75) is 4.90 Å². The van der Waals surface area contributed by atoms with Gasteiger partial charge in [0.25, 0.3) is 0 Å². The maximum Gasteiger partial charge on any atom is 0.240 e. The number of rotatable bonds is 7. The number of sulfonamides is 1. The Balaban J connectivity index is 1.94. The van der Waals surface area contributed by atoms with E-state index in [0.29, 0.717) is 16.5 Å². The average molecular weight is 376 g/mol. The summed E-state index contributed by atoms with van der Waals surface area (Å²) in [6.07, 6.45) is 0. The topological polar surface area (TPSA) is 64.6 Å². The monoisotopic (exact) mass is 375 g/mol. The molecule has 0 aliphatic heterocycles. The zero-order valence-electron chi connectivity index (χ0n) is 12.3. The van der Waals surface area contributed by atoms with Gasteiger partial charge in [0.1, 0.15) is 18.1 Å². The number of methoxy groups -OCH3 is 1. The van der Waals surface area contributed by atoms with E-state index in [-0.39, 0.29) is 23.1 Å². The third-order valence-electron chi connectivity index (χ3n) is 2.92. The van der Waals surface area contributed by atoms with Gasteiger partial charge in [0, 0.05) is 6.54 Å². The molecule has 0 aliphatic carbocycles. The van der Waals surface area contributed by atoms with Crippen molar-refractivity contribution in [3.8, 4) is 11.5 Å². The first kappa shape index (κ1) is 17.9. The van der Waals surface area contributed by atoms with Crippen molar-refractivity contribution >= 4 is 33.2 Å². The van der Waals surface area contributed by atoms with Crippen LogP contribution in [0.4, 0.5) is 0 Å². The quantitative estimate of drug-likeness (QED) is 0.753. The molecule has 8 heteroatoms. The average Bonchev–Trinajstić information content (AvgIpc) is 2.53. The zero-order valence-corrected chi connectivity index (χ0v) is 14.6. The molecule has 0 aromatic heterocycles. The van der Waals surface area contributed by atoms with E-state index in [4.69, 9.17) is 32.7 Å². The lowest BCUT2D eigenvalue weighted by atomic mass is 10.3. The van der Waals surface area contributed by atoms with Crippen LogP contribution in [0.2, 0.25) is 10.0 Å². The number of halogens is 2. The second kappa shape index (κ2) is 7.88. The number of para-hydroxylation sites is 1. The Bertz CT molecular complexity index is 781. The number of nitrogens with one attached hydrogen (secondary N) is 1. The lowest BCUT2D eigenvalue weighted by Gasteiger charge is -2.10. The first-order valence-corrected chi connectivity index (χ1v) is 8.88. The summed E-state index contributed by atoms with van der Waals surface area (Å²) in [5, 5.41) is 0.694. The van der Waals surface area contributed by atoms with Gasteiger partial charge in [-0.25, -0.2) is 13.1 Å².